The van der Waals surface area contributed by atoms with Gasteiger partial charge in [-0.3, -0.25) is 4.79 Å². The number of carbonyl (C=O) groups is 1. The van der Waals surface area contributed by atoms with Gasteiger partial charge in [-0.05, 0) is 31.1 Å². The standard InChI is InChI=1S/C12H17NO4S/c1-9(2)8-18(15,16)13-12(14)7-6-11-5-4-10(3)17-11/h4-7,9H,8H2,1-3H3,(H,13,14)/b7-6+. The Kier molecular flexibility index (Phi) is 4.72. The van der Waals surface area contributed by atoms with Crippen LogP contribution in [0.25, 0.3) is 6.08 Å². The number of hydrogen-bond donors (Lipinski definition) is 1. The average molecular weight is 271 g/mol. The zero-order chi connectivity index (χ0) is 13.8. The molecule has 0 radical (unpaired) electrons. The smallest absolute Gasteiger partial charge is 0.257 e. The number of rotatable bonds is 5. The maximum atomic E-state index is 11.5. The molecule has 1 rings (SSSR count). The van der Waals surface area contributed by atoms with E-state index in [9.17, 15) is 13.2 Å². The van der Waals surface area contributed by atoms with E-state index < -0.39 is 15.9 Å². The Hall–Kier alpha value is -1.56. The summed E-state index contributed by atoms with van der Waals surface area (Å²) in [6.07, 6.45) is 2.56. The zero-order valence-electron chi connectivity index (χ0n) is 10.6. The first-order valence-electron chi connectivity index (χ1n) is 5.57. The molecule has 0 unspecified atom stereocenters. The number of sulfonamides is 1. The van der Waals surface area contributed by atoms with Crippen molar-refractivity contribution in [3.05, 3.63) is 29.7 Å². The lowest BCUT2D eigenvalue weighted by atomic mass is 10.3. The highest BCUT2D eigenvalue weighted by Crippen LogP contribution is 2.07. The van der Waals surface area contributed by atoms with Crippen molar-refractivity contribution >= 4 is 22.0 Å². The maximum Gasteiger partial charge on any atom is 0.257 e. The second-order valence-electron chi connectivity index (χ2n) is 4.42. The first-order chi connectivity index (χ1) is 8.28. The highest BCUT2D eigenvalue weighted by Gasteiger charge is 2.14. The van der Waals surface area contributed by atoms with E-state index in [1.165, 1.54) is 6.08 Å². The molecule has 1 N–H and O–H groups in total. The van der Waals surface area contributed by atoms with Crippen LogP contribution in [0.5, 0.6) is 0 Å². The van der Waals surface area contributed by atoms with Gasteiger partial charge in [0.05, 0.1) is 5.75 Å². The minimum Gasteiger partial charge on any atom is -0.462 e. The molecule has 0 aliphatic rings. The molecule has 0 spiro atoms. The third-order valence-corrected chi connectivity index (χ3v) is 3.59. The van der Waals surface area contributed by atoms with Crippen LogP contribution in [0.3, 0.4) is 0 Å². The van der Waals surface area contributed by atoms with Gasteiger partial charge < -0.3 is 4.42 Å². The predicted octanol–water partition coefficient (Wildman–Crippen LogP) is 1.70. The summed E-state index contributed by atoms with van der Waals surface area (Å²) in [6, 6.07) is 3.45. The number of carbonyl (C=O) groups excluding carboxylic acids is 1. The van der Waals surface area contributed by atoms with Crippen LogP contribution in [0.4, 0.5) is 0 Å². The van der Waals surface area contributed by atoms with Crippen LogP contribution in [0, 0.1) is 12.8 Å². The molecule has 1 amide bonds. The van der Waals surface area contributed by atoms with Crippen molar-refractivity contribution < 1.29 is 17.6 Å². The van der Waals surface area contributed by atoms with Crippen LogP contribution in [-0.2, 0) is 14.8 Å². The molecular weight excluding hydrogens is 254 g/mol. The van der Waals surface area contributed by atoms with E-state index in [2.05, 4.69) is 0 Å². The lowest BCUT2D eigenvalue weighted by Gasteiger charge is -2.06. The van der Waals surface area contributed by atoms with Crippen molar-refractivity contribution in [3.63, 3.8) is 0 Å². The molecule has 5 nitrogen and oxygen atoms in total. The molecule has 0 fully saturated rings. The third-order valence-electron chi connectivity index (χ3n) is 1.97. The minimum absolute atomic E-state index is 0.0352. The summed E-state index contributed by atoms with van der Waals surface area (Å²) in [7, 11) is -3.56. The fourth-order valence-corrected chi connectivity index (χ4v) is 2.70. The first-order valence-corrected chi connectivity index (χ1v) is 7.23. The SMILES string of the molecule is Cc1ccc(/C=C/C(=O)NS(=O)(=O)CC(C)C)o1. The highest BCUT2D eigenvalue weighted by molar-refractivity contribution is 7.90. The summed E-state index contributed by atoms with van der Waals surface area (Å²) in [6.45, 7) is 5.32. The summed E-state index contributed by atoms with van der Waals surface area (Å²) in [5.41, 5.74) is 0. The second-order valence-corrected chi connectivity index (χ2v) is 6.19. The van der Waals surface area contributed by atoms with Crippen LogP contribution >= 0.6 is 0 Å². The van der Waals surface area contributed by atoms with Crippen LogP contribution in [0.1, 0.15) is 25.4 Å². The molecule has 0 aliphatic heterocycles. The Bertz CT molecular complexity index is 540. The van der Waals surface area contributed by atoms with E-state index in [1.54, 1.807) is 32.9 Å². The minimum atomic E-state index is -3.56. The Morgan fingerprint density at radius 2 is 2.11 bits per heavy atom. The number of nitrogens with one attached hydrogen (secondary N) is 1. The van der Waals surface area contributed by atoms with Gasteiger partial charge in [-0.15, -0.1) is 0 Å². The van der Waals surface area contributed by atoms with E-state index >= 15 is 0 Å². The van der Waals surface area contributed by atoms with Crippen molar-refractivity contribution in [2.45, 2.75) is 20.8 Å². The van der Waals surface area contributed by atoms with Crippen molar-refractivity contribution in [3.8, 4) is 0 Å². The van der Waals surface area contributed by atoms with E-state index in [1.807, 2.05) is 4.72 Å². The monoisotopic (exact) mass is 271 g/mol. The summed E-state index contributed by atoms with van der Waals surface area (Å²) < 4.78 is 30.1. The molecule has 0 bridgehead atoms. The van der Waals surface area contributed by atoms with E-state index in [0.29, 0.717) is 5.76 Å². The van der Waals surface area contributed by atoms with Gasteiger partial charge in [0, 0.05) is 6.08 Å². The molecule has 0 saturated heterocycles. The molecule has 0 saturated carbocycles. The topological polar surface area (TPSA) is 76.4 Å². The maximum absolute atomic E-state index is 11.5. The van der Waals surface area contributed by atoms with Gasteiger partial charge in [0.15, 0.2) is 0 Å². The third kappa shape index (κ3) is 5.18. The second kappa shape index (κ2) is 5.86. The largest absolute Gasteiger partial charge is 0.462 e. The Morgan fingerprint density at radius 3 is 2.61 bits per heavy atom. The van der Waals surface area contributed by atoms with E-state index in [4.69, 9.17) is 4.42 Å². The first kappa shape index (κ1) is 14.5. The molecule has 0 atom stereocenters. The van der Waals surface area contributed by atoms with Gasteiger partial charge in [0.1, 0.15) is 11.5 Å². The molecule has 100 valence electrons. The lowest BCUT2D eigenvalue weighted by molar-refractivity contribution is -0.114. The zero-order valence-corrected chi connectivity index (χ0v) is 11.5. The lowest BCUT2D eigenvalue weighted by Crippen LogP contribution is -2.32. The molecular formula is C12H17NO4S. The van der Waals surface area contributed by atoms with Gasteiger partial charge in [-0.25, -0.2) is 13.1 Å². The quantitative estimate of drug-likeness (QED) is 0.827. The fraction of sp³-hybridized carbons (Fsp3) is 0.417. The molecule has 0 aliphatic carbocycles. The normalized spacial score (nSPS) is 12.2. The van der Waals surface area contributed by atoms with Crippen molar-refractivity contribution in [1.82, 2.24) is 4.72 Å². The molecule has 1 aromatic heterocycles. The van der Waals surface area contributed by atoms with Gasteiger partial charge in [0.25, 0.3) is 5.91 Å². The molecule has 1 aromatic rings. The van der Waals surface area contributed by atoms with Crippen LogP contribution in [-0.4, -0.2) is 20.1 Å². The van der Waals surface area contributed by atoms with Crippen molar-refractivity contribution in [2.24, 2.45) is 5.92 Å². The van der Waals surface area contributed by atoms with Crippen molar-refractivity contribution in [1.29, 1.82) is 0 Å². The highest BCUT2D eigenvalue weighted by atomic mass is 32.2. The predicted molar refractivity (Wildman–Crippen MR) is 69.2 cm³/mol. The van der Waals surface area contributed by atoms with Crippen LogP contribution < -0.4 is 4.72 Å². The summed E-state index contributed by atoms with van der Waals surface area (Å²) >= 11 is 0. The van der Waals surface area contributed by atoms with Gasteiger partial charge >= 0.3 is 0 Å². The van der Waals surface area contributed by atoms with Gasteiger partial charge in [-0.2, -0.15) is 0 Å². The van der Waals surface area contributed by atoms with Crippen LogP contribution in [0.15, 0.2) is 22.6 Å². The number of amides is 1. The van der Waals surface area contributed by atoms with Gasteiger partial charge in [0.2, 0.25) is 10.0 Å². The summed E-state index contributed by atoms with van der Waals surface area (Å²) in [5, 5.41) is 0. The Balaban J connectivity index is 2.59. The number of aryl methyl sites for hydroxylation is 1. The summed E-state index contributed by atoms with van der Waals surface area (Å²) in [4.78, 5) is 11.4. The fourth-order valence-electron chi connectivity index (χ4n) is 1.37. The van der Waals surface area contributed by atoms with E-state index in [-0.39, 0.29) is 11.7 Å². The molecule has 18 heavy (non-hydrogen) atoms. The molecule has 6 heteroatoms. The summed E-state index contributed by atoms with van der Waals surface area (Å²) in [5.74, 6) is 0.440. The number of hydrogen-bond acceptors (Lipinski definition) is 4. The Morgan fingerprint density at radius 1 is 1.44 bits per heavy atom. The Labute approximate surface area is 107 Å². The van der Waals surface area contributed by atoms with Gasteiger partial charge in [-0.1, -0.05) is 13.8 Å². The van der Waals surface area contributed by atoms with E-state index in [0.717, 1.165) is 11.8 Å². The van der Waals surface area contributed by atoms with Crippen molar-refractivity contribution in [2.75, 3.05) is 5.75 Å². The molecule has 1 heterocycles. The average Bonchev–Trinajstić information content (AvgIpc) is 2.58. The molecule has 0 aromatic carbocycles. The van der Waals surface area contributed by atoms with Crippen LogP contribution in [0.2, 0.25) is 0 Å². The number of furan rings is 1.